The average molecular weight is 465 g/mol. The van der Waals surface area contributed by atoms with Crippen molar-refractivity contribution in [1.29, 1.82) is 0 Å². The van der Waals surface area contributed by atoms with E-state index in [4.69, 9.17) is 4.84 Å². The standard InChI is InChI=1S/C15H11F4N5O6S/c1-31(26,27)28-5-4-20-13-12(21-30-22-13)14-23-29-11(7-25)24(14)8-2-3-10(16)9(6-8)15(17,18)19/h2-3,6H,4-5H2,1H3,(H,20,22). The van der Waals surface area contributed by atoms with E-state index >= 15 is 0 Å². The Kier molecular flexibility index (Phi) is 5.97. The molecule has 0 atom stereocenters. The molecule has 16 heteroatoms. The maximum Gasteiger partial charge on any atom is 0.419 e. The SMILES string of the molecule is CS(=O)(=O)OCCNc1nonc1C1=NOC(=C=O)N1c1ccc(F)c(C(F)(F)F)c1. The normalized spacial score (nSPS) is 14.3. The van der Waals surface area contributed by atoms with Gasteiger partial charge in [-0.25, -0.2) is 18.7 Å². The molecule has 11 nitrogen and oxygen atoms in total. The van der Waals surface area contributed by atoms with Crippen LogP contribution >= 0.6 is 0 Å². The van der Waals surface area contributed by atoms with E-state index in [2.05, 4.69) is 29.6 Å². The van der Waals surface area contributed by atoms with E-state index in [0.717, 1.165) is 17.2 Å². The Morgan fingerprint density at radius 3 is 2.68 bits per heavy atom. The Bertz CT molecular complexity index is 1170. The number of nitrogens with one attached hydrogen (secondary N) is 1. The lowest BCUT2D eigenvalue weighted by Crippen LogP contribution is -2.28. The summed E-state index contributed by atoms with van der Waals surface area (Å²) in [6.07, 6.45) is -4.16. The number of carbonyl (C=O) groups excluding carboxylic acids is 1. The van der Waals surface area contributed by atoms with Gasteiger partial charge >= 0.3 is 12.1 Å². The highest BCUT2D eigenvalue weighted by Gasteiger charge is 2.38. The molecule has 0 fully saturated rings. The fraction of sp³-hybridized carbons (Fsp3) is 0.267. The van der Waals surface area contributed by atoms with E-state index in [1.165, 1.54) is 5.94 Å². The molecule has 0 spiro atoms. The second-order valence-corrected chi connectivity index (χ2v) is 7.47. The maximum atomic E-state index is 13.6. The van der Waals surface area contributed by atoms with Crippen molar-refractivity contribution in [3.8, 4) is 0 Å². The topological polar surface area (TPSA) is 136 Å². The summed E-state index contributed by atoms with van der Waals surface area (Å²) in [6.45, 7) is -0.377. The van der Waals surface area contributed by atoms with E-state index in [1.54, 1.807) is 0 Å². The molecule has 1 N–H and O–H groups in total. The summed E-state index contributed by atoms with van der Waals surface area (Å²) in [5, 5.41) is 13.3. The number of hydrogen-bond acceptors (Lipinski definition) is 11. The van der Waals surface area contributed by atoms with Gasteiger partial charge in [0.05, 0.1) is 24.1 Å². The first-order valence-corrected chi connectivity index (χ1v) is 9.91. The first-order chi connectivity index (χ1) is 14.5. The molecule has 2 heterocycles. The van der Waals surface area contributed by atoms with Gasteiger partial charge in [0, 0.05) is 6.54 Å². The highest BCUT2D eigenvalue weighted by Crippen LogP contribution is 2.36. The van der Waals surface area contributed by atoms with Crippen molar-refractivity contribution in [3.05, 3.63) is 41.2 Å². The van der Waals surface area contributed by atoms with Crippen molar-refractivity contribution in [2.24, 2.45) is 5.16 Å². The van der Waals surface area contributed by atoms with E-state index in [-0.39, 0.29) is 36.2 Å². The van der Waals surface area contributed by atoms with Crippen molar-refractivity contribution in [2.45, 2.75) is 6.18 Å². The largest absolute Gasteiger partial charge is 0.419 e. The van der Waals surface area contributed by atoms with Crippen LogP contribution in [0.3, 0.4) is 0 Å². The van der Waals surface area contributed by atoms with Crippen LogP contribution in [-0.2, 0) is 30.1 Å². The molecule has 1 aliphatic rings. The van der Waals surface area contributed by atoms with Gasteiger partial charge in [0.2, 0.25) is 11.7 Å². The zero-order valence-electron chi connectivity index (χ0n) is 15.3. The van der Waals surface area contributed by atoms with Crippen molar-refractivity contribution in [3.63, 3.8) is 0 Å². The molecule has 1 aliphatic heterocycles. The Hall–Kier alpha value is -3.49. The number of hydrogen-bond donors (Lipinski definition) is 1. The van der Waals surface area contributed by atoms with Crippen LogP contribution < -0.4 is 10.2 Å². The summed E-state index contributed by atoms with van der Waals surface area (Å²) in [5.74, 6) is -1.26. The third-order valence-corrected chi connectivity index (χ3v) is 4.22. The average Bonchev–Trinajstić information content (AvgIpc) is 3.30. The molecule has 0 saturated heterocycles. The van der Waals surface area contributed by atoms with Gasteiger partial charge in [-0.1, -0.05) is 5.16 Å². The molecule has 0 bridgehead atoms. The predicted octanol–water partition coefficient (Wildman–Crippen LogP) is 1.49. The summed E-state index contributed by atoms with van der Waals surface area (Å²) in [4.78, 5) is 16.8. The fourth-order valence-corrected chi connectivity index (χ4v) is 2.79. The van der Waals surface area contributed by atoms with Crippen LogP contribution in [0.15, 0.2) is 33.9 Å². The van der Waals surface area contributed by atoms with E-state index in [9.17, 15) is 30.8 Å². The van der Waals surface area contributed by atoms with Crippen molar-refractivity contribution in [1.82, 2.24) is 10.3 Å². The number of halogens is 4. The molecule has 1 aromatic heterocycles. The van der Waals surface area contributed by atoms with Gasteiger partial charge in [-0.15, -0.1) is 0 Å². The highest BCUT2D eigenvalue weighted by atomic mass is 32.2. The number of alkyl halides is 3. The lowest BCUT2D eigenvalue weighted by atomic mass is 10.1. The molecule has 2 aromatic rings. The van der Waals surface area contributed by atoms with E-state index in [1.807, 2.05) is 0 Å². The number of anilines is 2. The van der Waals surface area contributed by atoms with E-state index < -0.39 is 33.6 Å². The third-order valence-electron chi connectivity index (χ3n) is 3.63. The zero-order valence-corrected chi connectivity index (χ0v) is 16.1. The Balaban J connectivity index is 1.91. The minimum atomic E-state index is -5.01. The summed E-state index contributed by atoms with van der Waals surface area (Å²) in [7, 11) is -3.69. The molecule has 31 heavy (non-hydrogen) atoms. The van der Waals surface area contributed by atoms with Gasteiger partial charge in [-0.3, -0.25) is 4.18 Å². The van der Waals surface area contributed by atoms with Crippen LogP contribution in [0.4, 0.5) is 29.1 Å². The highest BCUT2D eigenvalue weighted by molar-refractivity contribution is 7.85. The summed E-state index contributed by atoms with van der Waals surface area (Å²) in [5.41, 5.74) is -2.13. The van der Waals surface area contributed by atoms with Crippen LogP contribution in [0.25, 0.3) is 0 Å². The molecular weight excluding hydrogens is 454 g/mol. The number of aromatic nitrogens is 2. The van der Waals surface area contributed by atoms with Crippen molar-refractivity contribution in [2.75, 3.05) is 29.6 Å². The molecule has 0 amide bonds. The van der Waals surface area contributed by atoms with Crippen LogP contribution in [0.2, 0.25) is 0 Å². The van der Waals surface area contributed by atoms with Crippen LogP contribution in [0.1, 0.15) is 11.3 Å². The monoisotopic (exact) mass is 465 g/mol. The Labute approximate surface area is 171 Å². The number of benzene rings is 1. The smallest absolute Gasteiger partial charge is 0.363 e. The fourth-order valence-electron chi connectivity index (χ4n) is 2.40. The molecular formula is C15H11F4N5O6S. The minimum Gasteiger partial charge on any atom is -0.363 e. The second-order valence-electron chi connectivity index (χ2n) is 5.83. The number of nitrogens with zero attached hydrogens (tertiary/aromatic N) is 4. The zero-order chi connectivity index (χ0) is 22.8. The van der Waals surface area contributed by atoms with Crippen LogP contribution in [-0.4, -0.2) is 49.9 Å². The van der Waals surface area contributed by atoms with Crippen LogP contribution in [0, 0.1) is 5.82 Å². The molecule has 0 saturated carbocycles. The molecule has 166 valence electrons. The first-order valence-electron chi connectivity index (χ1n) is 8.09. The molecule has 3 rings (SSSR count). The molecule has 0 radical (unpaired) electrons. The van der Waals surface area contributed by atoms with Gasteiger partial charge in [-0.05, 0) is 28.5 Å². The van der Waals surface area contributed by atoms with Crippen molar-refractivity contribution < 1.29 is 44.4 Å². The molecule has 1 aromatic carbocycles. The van der Waals surface area contributed by atoms with Gasteiger partial charge < -0.3 is 10.2 Å². The van der Waals surface area contributed by atoms with Gasteiger partial charge in [0.25, 0.3) is 10.1 Å². The minimum absolute atomic E-state index is 0.0897. The number of amidine groups is 1. The maximum absolute atomic E-state index is 13.6. The Morgan fingerprint density at radius 2 is 2.03 bits per heavy atom. The first kappa shape index (κ1) is 22.2. The second kappa shape index (κ2) is 8.33. The lowest BCUT2D eigenvalue weighted by Gasteiger charge is -2.18. The lowest BCUT2D eigenvalue weighted by molar-refractivity contribution is -0.139. The molecule has 0 unspecified atom stereocenters. The third kappa shape index (κ3) is 4.99. The number of oxime groups is 1. The van der Waals surface area contributed by atoms with Gasteiger partial charge in [-0.2, -0.15) is 21.6 Å². The predicted molar refractivity (Wildman–Crippen MR) is 94.3 cm³/mol. The van der Waals surface area contributed by atoms with Crippen molar-refractivity contribution >= 4 is 33.4 Å². The van der Waals surface area contributed by atoms with E-state index in [0.29, 0.717) is 12.1 Å². The van der Waals surface area contributed by atoms with Gasteiger partial charge in [0.15, 0.2) is 11.6 Å². The quantitative estimate of drug-likeness (QED) is 0.277. The summed E-state index contributed by atoms with van der Waals surface area (Å²) in [6, 6.07) is 1.95. The summed E-state index contributed by atoms with van der Waals surface area (Å²) < 4.78 is 83.9. The summed E-state index contributed by atoms with van der Waals surface area (Å²) >= 11 is 0. The number of rotatable bonds is 7. The van der Waals surface area contributed by atoms with Crippen LogP contribution in [0.5, 0.6) is 0 Å². The Morgan fingerprint density at radius 1 is 1.29 bits per heavy atom. The van der Waals surface area contributed by atoms with Gasteiger partial charge in [0.1, 0.15) is 5.82 Å². The molecule has 0 aliphatic carbocycles.